The average Bonchev–Trinajstić information content (AvgIpc) is 2.31. The molecule has 0 saturated heterocycles. The van der Waals surface area contributed by atoms with Gasteiger partial charge in [0.15, 0.2) is 0 Å². The lowest BCUT2D eigenvalue weighted by atomic mass is 9.92. The van der Waals surface area contributed by atoms with E-state index in [1.165, 1.54) is 41.3 Å². The summed E-state index contributed by atoms with van der Waals surface area (Å²) in [6.45, 7) is 0. The van der Waals surface area contributed by atoms with Gasteiger partial charge in [0.1, 0.15) is 5.75 Å². The molecule has 1 aliphatic rings. The SMILES string of the molecule is COc1cc(Br)c2c(c1)CCCC2.NO. The summed E-state index contributed by atoms with van der Waals surface area (Å²) < 4.78 is 6.44. The number of aryl methyl sites for hydroxylation is 1. The van der Waals surface area contributed by atoms with Crippen LogP contribution in [0.25, 0.3) is 0 Å². The van der Waals surface area contributed by atoms with Crippen LogP contribution >= 0.6 is 15.9 Å². The molecule has 2 rings (SSSR count). The first-order chi connectivity index (χ1) is 7.31. The normalized spacial score (nSPS) is 13.6. The number of fused-ring (bicyclic) bond motifs is 1. The van der Waals surface area contributed by atoms with Crippen molar-refractivity contribution >= 4 is 15.9 Å². The number of methoxy groups -OCH3 is 1. The van der Waals surface area contributed by atoms with Gasteiger partial charge in [0, 0.05) is 4.47 Å². The van der Waals surface area contributed by atoms with Gasteiger partial charge in [-0.1, -0.05) is 15.9 Å². The lowest BCUT2D eigenvalue weighted by Crippen LogP contribution is -2.03. The molecular formula is C11H16BrNO2. The van der Waals surface area contributed by atoms with E-state index < -0.39 is 0 Å². The maximum atomic E-state index is 6.50. The molecule has 0 aromatic heterocycles. The monoisotopic (exact) mass is 273 g/mol. The number of nitrogens with two attached hydrogens (primary N) is 1. The standard InChI is InChI=1S/C11H13BrO.H3NO/c1-13-9-6-8-4-2-3-5-10(8)11(12)7-9;1-2/h6-7H,2-5H2,1H3;2H,1H2. The van der Waals surface area contributed by atoms with E-state index in [1.54, 1.807) is 7.11 Å². The Morgan fingerprint density at radius 3 is 2.60 bits per heavy atom. The van der Waals surface area contributed by atoms with E-state index in [0.717, 1.165) is 5.75 Å². The summed E-state index contributed by atoms with van der Waals surface area (Å²) in [5, 5.41) is 6.50. The van der Waals surface area contributed by atoms with E-state index in [0.29, 0.717) is 0 Å². The zero-order chi connectivity index (χ0) is 11.3. The van der Waals surface area contributed by atoms with Crippen LogP contribution in [0.1, 0.15) is 24.0 Å². The largest absolute Gasteiger partial charge is 0.497 e. The molecule has 1 aromatic carbocycles. The minimum absolute atomic E-state index is 0.965. The minimum atomic E-state index is 0.965. The maximum absolute atomic E-state index is 6.50. The van der Waals surface area contributed by atoms with Crippen LogP contribution in [-0.2, 0) is 12.8 Å². The summed E-state index contributed by atoms with van der Waals surface area (Å²) in [6.07, 6.45) is 5.04. The van der Waals surface area contributed by atoms with Crippen LogP contribution < -0.4 is 10.6 Å². The number of ether oxygens (including phenoxy) is 1. The highest BCUT2D eigenvalue weighted by Crippen LogP contribution is 2.32. The van der Waals surface area contributed by atoms with Gasteiger partial charge in [0.05, 0.1) is 7.11 Å². The Morgan fingerprint density at radius 2 is 1.93 bits per heavy atom. The third-order valence-electron chi connectivity index (χ3n) is 2.62. The molecule has 84 valence electrons. The van der Waals surface area contributed by atoms with Crippen molar-refractivity contribution in [3.05, 3.63) is 27.7 Å². The van der Waals surface area contributed by atoms with Crippen LogP contribution in [-0.4, -0.2) is 12.3 Å². The Labute approximate surface area is 98.3 Å². The number of halogens is 1. The van der Waals surface area contributed by atoms with Gasteiger partial charge in [-0.2, -0.15) is 0 Å². The molecule has 0 amide bonds. The molecule has 0 unspecified atom stereocenters. The highest BCUT2D eigenvalue weighted by Gasteiger charge is 2.13. The highest BCUT2D eigenvalue weighted by atomic mass is 79.9. The summed E-state index contributed by atoms with van der Waals surface area (Å²) in [4.78, 5) is 0. The Hall–Kier alpha value is -0.580. The lowest BCUT2D eigenvalue weighted by molar-refractivity contribution is 0.311. The Kier molecular flexibility index (Phi) is 5.08. The predicted molar refractivity (Wildman–Crippen MR) is 63.3 cm³/mol. The summed E-state index contributed by atoms with van der Waals surface area (Å²) in [6, 6.07) is 4.23. The van der Waals surface area contributed by atoms with E-state index >= 15 is 0 Å². The molecule has 3 N–H and O–H groups in total. The van der Waals surface area contributed by atoms with Gasteiger partial charge in [-0.15, -0.1) is 0 Å². The molecular weight excluding hydrogens is 258 g/mol. The third kappa shape index (κ3) is 2.93. The predicted octanol–water partition coefficient (Wildman–Crippen LogP) is 2.67. The topological polar surface area (TPSA) is 55.5 Å². The Bertz CT molecular complexity index is 329. The molecule has 0 bridgehead atoms. The Morgan fingerprint density at radius 1 is 1.27 bits per heavy atom. The lowest BCUT2D eigenvalue weighted by Gasteiger charge is -2.18. The van der Waals surface area contributed by atoms with E-state index in [2.05, 4.69) is 34.0 Å². The highest BCUT2D eigenvalue weighted by molar-refractivity contribution is 9.10. The second-order valence-electron chi connectivity index (χ2n) is 3.45. The van der Waals surface area contributed by atoms with Gasteiger partial charge in [0.2, 0.25) is 0 Å². The van der Waals surface area contributed by atoms with Crippen molar-refractivity contribution in [2.45, 2.75) is 25.7 Å². The van der Waals surface area contributed by atoms with Crippen LogP contribution in [0, 0.1) is 0 Å². The molecule has 0 saturated carbocycles. The first-order valence-corrected chi connectivity index (χ1v) is 5.71. The van der Waals surface area contributed by atoms with Crippen LogP contribution in [0.2, 0.25) is 0 Å². The van der Waals surface area contributed by atoms with Crippen LogP contribution in [0.5, 0.6) is 5.75 Å². The maximum Gasteiger partial charge on any atom is 0.120 e. The van der Waals surface area contributed by atoms with Gasteiger partial charge < -0.3 is 9.94 Å². The zero-order valence-corrected chi connectivity index (χ0v) is 10.4. The van der Waals surface area contributed by atoms with Gasteiger partial charge in [-0.3, -0.25) is 0 Å². The summed E-state index contributed by atoms with van der Waals surface area (Å²) >= 11 is 3.59. The number of rotatable bonds is 1. The smallest absolute Gasteiger partial charge is 0.120 e. The van der Waals surface area contributed by atoms with Crippen molar-refractivity contribution in [2.75, 3.05) is 7.11 Å². The molecule has 0 spiro atoms. The molecule has 15 heavy (non-hydrogen) atoms. The van der Waals surface area contributed by atoms with Crippen LogP contribution in [0.4, 0.5) is 0 Å². The summed E-state index contributed by atoms with van der Waals surface area (Å²) in [5.41, 5.74) is 2.93. The fraction of sp³-hybridized carbons (Fsp3) is 0.455. The molecule has 0 heterocycles. The van der Waals surface area contributed by atoms with E-state index in [9.17, 15) is 0 Å². The number of hydrogen-bond acceptors (Lipinski definition) is 3. The van der Waals surface area contributed by atoms with Crippen LogP contribution in [0.15, 0.2) is 16.6 Å². The fourth-order valence-electron chi connectivity index (χ4n) is 1.90. The first kappa shape index (κ1) is 12.5. The van der Waals surface area contributed by atoms with E-state index in [-0.39, 0.29) is 0 Å². The molecule has 1 aliphatic carbocycles. The van der Waals surface area contributed by atoms with Crippen molar-refractivity contribution in [1.29, 1.82) is 0 Å². The third-order valence-corrected chi connectivity index (χ3v) is 3.33. The average molecular weight is 274 g/mol. The molecule has 0 fully saturated rings. The number of benzene rings is 1. The van der Waals surface area contributed by atoms with Crippen LogP contribution in [0.3, 0.4) is 0 Å². The van der Waals surface area contributed by atoms with Crippen molar-refractivity contribution < 1.29 is 9.94 Å². The molecule has 0 atom stereocenters. The van der Waals surface area contributed by atoms with E-state index in [4.69, 9.17) is 9.94 Å². The molecule has 1 aromatic rings. The summed E-state index contributed by atoms with van der Waals surface area (Å²) in [7, 11) is 1.72. The van der Waals surface area contributed by atoms with Crippen molar-refractivity contribution in [3.63, 3.8) is 0 Å². The van der Waals surface area contributed by atoms with Gasteiger partial charge in [0.25, 0.3) is 0 Å². The molecule has 4 heteroatoms. The Balaban J connectivity index is 0.000000531. The van der Waals surface area contributed by atoms with Crippen molar-refractivity contribution in [1.82, 2.24) is 0 Å². The first-order valence-electron chi connectivity index (χ1n) is 4.92. The van der Waals surface area contributed by atoms with Gasteiger partial charge in [-0.05, 0) is 48.9 Å². The van der Waals surface area contributed by atoms with Crippen molar-refractivity contribution in [2.24, 2.45) is 5.90 Å². The van der Waals surface area contributed by atoms with Gasteiger partial charge >= 0.3 is 0 Å². The summed E-state index contributed by atoms with van der Waals surface area (Å²) in [5.74, 6) is 4.47. The second kappa shape index (κ2) is 6.10. The van der Waals surface area contributed by atoms with Gasteiger partial charge in [-0.25, -0.2) is 5.90 Å². The molecule has 0 aliphatic heterocycles. The molecule has 3 nitrogen and oxygen atoms in total. The quantitative estimate of drug-likeness (QED) is 0.774. The fourth-order valence-corrected chi connectivity index (χ4v) is 2.58. The molecule has 0 radical (unpaired) electrons. The minimum Gasteiger partial charge on any atom is -0.497 e. The van der Waals surface area contributed by atoms with E-state index in [1.807, 2.05) is 0 Å². The number of hydrogen-bond donors (Lipinski definition) is 2. The zero-order valence-electron chi connectivity index (χ0n) is 8.79. The van der Waals surface area contributed by atoms with Crippen molar-refractivity contribution in [3.8, 4) is 5.75 Å². The second-order valence-corrected chi connectivity index (χ2v) is 4.31.